The summed E-state index contributed by atoms with van der Waals surface area (Å²) in [6.45, 7) is 12.1. The van der Waals surface area contributed by atoms with Crippen molar-refractivity contribution in [3.05, 3.63) is 49.3 Å². The van der Waals surface area contributed by atoms with Gasteiger partial charge >= 0.3 is 0 Å². The van der Waals surface area contributed by atoms with Crippen LogP contribution in [0, 0.1) is 5.92 Å². The van der Waals surface area contributed by atoms with Crippen LogP contribution in [-0.4, -0.2) is 22.7 Å². The molecule has 0 saturated heterocycles. The molecule has 0 aliphatic rings. The molecule has 2 aromatic rings. The molecule has 5 heteroatoms. The van der Waals surface area contributed by atoms with Gasteiger partial charge in [-0.3, -0.25) is 0 Å². The van der Waals surface area contributed by atoms with Gasteiger partial charge in [0.1, 0.15) is 5.65 Å². The molecule has 24 heavy (non-hydrogen) atoms. The van der Waals surface area contributed by atoms with E-state index in [0.29, 0.717) is 15.9 Å². The summed E-state index contributed by atoms with van der Waals surface area (Å²) in [6.07, 6.45) is 9.58. The van der Waals surface area contributed by atoms with Crippen molar-refractivity contribution in [3.63, 3.8) is 0 Å². The maximum absolute atomic E-state index is 13.5. The lowest BCUT2D eigenvalue weighted by Gasteiger charge is -2.30. The summed E-state index contributed by atoms with van der Waals surface area (Å²) in [5.74, 6) is -0.222. The quantitative estimate of drug-likeness (QED) is 0.699. The van der Waals surface area contributed by atoms with E-state index in [1.165, 1.54) is 0 Å². The lowest BCUT2D eigenvalue weighted by molar-refractivity contribution is 0.517. The van der Waals surface area contributed by atoms with E-state index in [-0.39, 0.29) is 5.92 Å². The van der Waals surface area contributed by atoms with Crippen LogP contribution in [0.3, 0.4) is 0 Å². The number of sulfone groups is 1. The van der Waals surface area contributed by atoms with Crippen molar-refractivity contribution in [2.24, 2.45) is 5.92 Å². The summed E-state index contributed by atoms with van der Waals surface area (Å²) in [4.78, 5) is 4.73. The van der Waals surface area contributed by atoms with Crippen molar-refractivity contribution in [2.75, 3.05) is 0 Å². The average molecular weight is 346 g/mol. The number of hydrogen-bond acceptors (Lipinski definition) is 3. The average Bonchev–Trinajstić information content (AvgIpc) is 2.94. The maximum Gasteiger partial charge on any atom is 0.190 e. The van der Waals surface area contributed by atoms with Gasteiger partial charge in [0.2, 0.25) is 0 Å². The summed E-state index contributed by atoms with van der Waals surface area (Å²) in [7, 11) is -3.62. The number of nitrogens with zero attached hydrogens (tertiary/aromatic N) is 2. The van der Waals surface area contributed by atoms with Crippen LogP contribution in [0.1, 0.15) is 34.1 Å². The summed E-state index contributed by atoms with van der Waals surface area (Å²) in [6, 6.07) is 3.61. The minimum Gasteiger partial charge on any atom is -0.331 e. The molecule has 0 aliphatic carbocycles. The highest BCUT2D eigenvalue weighted by Gasteiger charge is 2.43. The molecule has 130 valence electrons. The second-order valence-electron chi connectivity index (χ2n) is 6.27. The fourth-order valence-electron chi connectivity index (χ4n) is 3.00. The number of pyridine rings is 1. The summed E-state index contributed by atoms with van der Waals surface area (Å²) < 4.78 is 27.9. The second kappa shape index (κ2) is 6.93. The Morgan fingerprint density at radius 1 is 1.46 bits per heavy atom. The van der Waals surface area contributed by atoms with Gasteiger partial charge in [-0.2, -0.15) is 0 Å². The van der Waals surface area contributed by atoms with E-state index in [1.54, 1.807) is 43.6 Å². The first-order chi connectivity index (χ1) is 11.3. The van der Waals surface area contributed by atoms with E-state index in [1.807, 2.05) is 24.5 Å². The number of hydrogen-bond donors (Lipinski definition) is 0. The van der Waals surface area contributed by atoms with Gasteiger partial charge in [0.05, 0.1) is 9.64 Å². The molecule has 4 nitrogen and oxygen atoms in total. The van der Waals surface area contributed by atoms with Gasteiger partial charge in [-0.05, 0) is 38.3 Å². The van der Waals surface area contributed by atoms with Crippen LogP contribution in [0.15, 0.2) is 54.2 Å². The fourth-order valence-corrected chi connectivity index (χ4v) is 5.09. The minimum atomic E-state index is -3.62. The smallest absolute Gasteiger partial charge is 0.190 e. The van der Waals surface area contributed by atoms with E-state index in [0.717, 1.165) is 13.0 Å². The minimum absolute atomic E-state index is 0.222. The summed E-state index contributed by atoms with van der Waals surface area (Å²) >= 11 is 0. The Morgan fingerprint density at radius 3 is 2.75 bits per heavy atom. The van der Waals surface area contributed by atoms with Crippen LogP contribution in [0.5, 0.6) is 0 Å². The van der Waals surface area contributed by atoms with E-state index in [4.69, 9.17) is 0 Å². The lowest BCUT2D eigenvalue weighted by Crippen LogP contribution is -2.39. The van der Waals surface area contributed by atoms with Crippen molar-refractivity contribution in [2.45, 2.75) is 50.3 Å². The zero-order valence-electron chi connectivity index (χ0n) is 14.9. The number of rotatable bonds is 7. The zero-order chi connectivity index (χ0) is 18.0. The van der Waals surface area contributed by atoms with Crippen LogP contribution in [0.4, 0.5) is 0 Å². The van der Waals surface area contributed by atoms with Crippen molar-refractivity contribution in [1.82, 2.24) is 9.55 Å². The normalized spacial score (nSPS) is 16.3. The monoisotopic (exact) mass is 346 g/mol. The number of aryl methyl sites for hydroxylation is 1. The molecule has 0 fully saturated rings. The van der Waals surface area contributed by atoms with Crippen LogP contribution in [-0.2, 0) is 16.4 Å². The van der Waals surface area contributed by atoms with Crippen LogP contribution >= 0.6 is 0 Å². The third kappa shape index (κ3) is 2.81. The molecule has 2 unspecified atom stereocenters. The molecule has 2 rings (SSSR count). The Labute approximate surface area is 144 Å². The van der Waals surface area contributed by atoms with Crippen LogP contribution < -0.4 is 0 Å². The number of fused-ring (bicyclic) bond motifs is 1. The van der Waals surface area contributed by atoms with Crippen molar-refractivity contribution in [3.8, 4) is 0 Å². The van der Waals surface area contributed by atoms with E-state index >= 15 is 0 Å². The highest BCUT2D eigenvalue weighted by atomic mass is 32.2. The van der Waals surface area contributed by atoms with Gasteiger partial charge in [-0.15, -0.1) is 6.58 Å². The third-order valence-electron chi connectivity index (χ3n) is 4.69. The largest absolute Gasteiger partial charge is 0.331 e. The van der Waals surface area contributed by atoms with Gasteiger partial charge in [0, 0.05) is 24.3 Å². The topological polar surface area (TPSA) is 52.0 Å². The molecule has 0 aliphatic heterocycles. The molecular weight excluding hydrogens is 320 g/mol. The first-order valence-corrected chi connectivity index (χ1v) is 9.76. The van der Waals surface area contributed by atoms with E-state index < -0.39 is 14.6 Å². The third-order valence-corrected chi connectivity index (χ3v) is 7.26. The molecule has 2 atom stereocenters. The Hall–Kier alpha value is -1.88. The number of aromatic nitrogens is 2. The molecule has 2 aromatic heterocycles. The molecule has 0 N–H and O–H groups in total. The van der Waals surface area contributed by atoms with E-state index in [2.05, 4.69) is 18.5 Å². The molecule has 2 heterocycles. The molecule has 0 amide bonds. The van der Waals surface area contributed by atoms with Gasteiger partial charge in [-0.1, -0.05) is 32.1 Å². The van der Waals surface area contributed by atoms with Gasteiger partial charge in [-0.25, -0.2) is 13.4 Å². The highest BCUT2D eigenvalue weighted by Crippen LogP contribution is 2.38. The van der Waals surface area contributed by atoms with Gasteiger partial charge < -0.3 is 4.57 Å². The number of allylic oxidation sites excluding steroid dienone is 2. The Bertz CT molecular complexity index is 865. The Morgan fingerprint density at radius 2 is 2.17 bits per heavy atom. The first-order valence-electron chi connectivity index (χ1n) is 8.28. The second-order valence-corrected chi connectivity index (χ2v) is 8.60. The SMILES string of the molecule is C=CC(C)C(C)(/C=C\C)S(=O)(=O)c1cn(CCC)c2ncccc12. The molecule has 0 bridgehead atoms. The van der Waals surface area contributed by atoms with E-state index in [9.17, 15) is 8.42 Å². The van der Waals surface area contributed by atoms with Gasteiger partial charge in [0.15, 0.2) is 9.84 Å². The lowest BCUT2D eigenvalue weighted by atomic mass is 9.94. The Balaban J connectivity index is 2.77. The molecule has 0 aromatic carbocycles. The predicted molar refractivity (Wildman–Crippen MR) is 99.8 cm³/mol. The predicted octanol–water partition coefficient (Wildman–Crippen LogP) is 4.38. The summed E-state index contributed by atoms with van der Waals surface area (Å²) in [5, 5.41) is 0.679. The van der Waals surface area contributed by atoms with Crippen LogP contribution in [0.25, 0.3) is 11.0 Å². The van der Waals surface area contributed by atoms with Crippen molar-refractivity contribution >= 4 is 20.9 Å². The van der Waals surface area contributed by atoms with Gasteiger partial charge in [0.25, 0.3) is 0 Å². The summed E-state index contributed by atoms with van der Waals surface area (Å²) in [5.41, 5.74) is 0.715. The molecule has 0 radical (unpaired) electrons. The highest BCUT2D eigenvalue weighted by molar-refractivity contribution is 7.93. The molecule has 0 saturated carbocycles. The van der Waals surface area contributed by atoms with Crippen molar-refractivity contribution in [1.29, 1.82) is 0 Å². The maximum atomic E-state index is 13.5. The molecular formula is C19H26N2O2S. The van der Waals surface area contributed by atoms with Crippen molar-refractivity contribution < 1.29 is 8.42 Å². The fraction of sp³-hybridized carbons (Fsp3) is 0.421. The Kier molecular flexibility index (Phi) is 5.33. The first kappa shape index (κ1) is 18.5. The zero-order valence-corrected chi connectivity index (χ0v) is 15.7. The van der Waals surface area contributed by atoms with Crippen LogP contribution in [0.2, 0.25) is 0 Å². The standard InChI is InChI=1S/C19H26N2O2S/c1-6-11-19(5,15(4)8-3)24(22,23)17-14-21(13-7-2)18-16(17)10-9-12-20-18/h6,8-12,14-15H,3,7,13H2,1-2,4-5H3/b11-6-. The molecule has 0 spiro atoms.